The van der Waals surface area contributed by atoms with Gasteiger partial charge in [-0.05, 0) is 5.56 Å². The van der Waals surface area contributed by atoms with Crippen molar-refractivity contribution >= 4 is 11.8 Å². The van der Waals surface area contributed by atoms with Crippen LogP contribution in [0.1, 0.15) is 11.7 Å². The Kier molecular flexibility index (Phi) is 15.0. The molecule has 7 heteroatoms. The molecule has 0 saturated heterocycles. The van der Waals surface area contributed by atoms with E-state index in [0.29, 0.717) is 52.0 Å². The maximum Gasteiger partial charge on any atom is 0.0916 e. The van der Waals surface area contributed by atoms with Crippen molar-refractivity contribution in [2.75, 3.05) is 71.0 Å². The van der Waals surface area contributed by atoms with Crippen LogP contribution in [0.15, 0.2) is 30.3 Å². The second-order valence-corrected chi connectivity index (χ2v) is 6.28. The minimum atomic E-state index is 0.00118. The maximum absolute atomic E-state index is 8.91. The Morgan fingerprint density at radius 1 is 0.760 bits per heavy atom. The molecule has 0 heterocycles. The molecule has 0 aliphatic rings. The van der Waals surface area contributed by atoms with Gasteiger partial charge >= 0.3 is 0 Å². The van der Waals surface area contributed by atoms with Gasteiger partial charge in [0.2, 0.25) is 0 Å². The smallest absolute Gasteiger partial charge is 0.0916 e. The minimum absolute atomic E-state index is 0.00118. The Morgan fingerprint density at radius 3 is 1.96 bits per heavy atom. The molecule has 0 amide bonds. The third-order valence-electron chi connectivity index (χ3n) is 3.20. The lowest BCUT2D eigenvalue weighted by Gasteiger charge is -2.18. The van der Waals surface area contributed by atoms with E-state index in [1.165, 1.54) is 0 Å². The van der Waals surface area contributed by atoms with Crippen LogP contribution in [0, 0.1) is 0 Å². The molecule has 0 bridgehead atoms. The summed E-state index contributed by atoms with van der Waals surface area (Å²) in [6.07, 6.45) is 0.00118. The van der Waals surface area contributed by atoms with E-state index >= 15 is 0 Å². The van der Waals surface area contributed by atoms with Gasteiger partial charge in [0.05, 0.1) is 65.6 Å². The molecule has 1 atom stereocenters. The Labute approximate surface area is 154 Å². The van der Waals surface area contributed by atoms with Crippen molar-refractivity contribution in [3.8, 4) is 0 Å². The lowest BCUT2D eigenvalue weighted by atomic mass is 10.1. The van der Waals surface area contributed by atoms with Gasteiger partial charge in [-0.2, -0.15) is 11.8 Å². The topological polar surface area (TPSA) is 77.4 Å². The first-order valence-corrected chi connectivity index (χ1v) is 9.73. The van der Waals surface area contributed by atoms with Gasteiger partial charge in [-0.3, -0.25) is 0 Å². The lowest BCUT2D eigenvalue weighted by molar-refractivity contribution is -0.0166. The summed E-state index contributed by atoms with van der Waals surface area (Å²) in [4.78, 5) is 0. The van der Waals surface area contributed by atoms with Crippen LogP contribution < -0.4 is 0 Å². The van der Waals surface area contributed by atoms with Crippen LogP contribution in [-0.4, -0.2) is 81.2 Å². The molecule has 2 N–H and O–H groups in total. The van der Waals surface area contributed by atoms with Gasteiger partial charge < -0.3 is 29.2 Å². The summed E-state index contributed by atoms with van der Waals surface area (Å²) in [6.45, 7) is 3.58. The zero-order chi connectivity index (χ0) is 18.0. The quantitative estimate of drug-likeness (QED) is 0.400. The van der Waals surface area contributed by atoms with E-state index in [9.17, 15) is 0 Å². The van der Waals surface area contributed by atoms with Crippen molar-refractivity contribution in [1.29, 1.82) is 0 Å². The summed E-state index contributed by atoms with van der Waals surface area (Å²) >= 11 is 1.68. The molecule has 0 aliphatic heterocycles. The fraction of sp³-hybridized carbons (Fsp3) is 0.667. The Morgan fingerprint density at radius 2 is 1.36 bits per heavy atom. The molecule has 144 valence electrons. The third-order valence-corrected chi connectivity index (χ3v) is 4.21. The fourth-order valence-electron chi connectivity index (χ4n) is 2.02. The van der Waals surface area contributed by atoms with Gasteiger partial charge in [-0.1, -0.05) is 30.3 Å². The van der Waals surface area contributed by atoms with E-state index in [0.717, 1.165) is 11.3 Å². The number of aliphatic hydroxyl groups is 2. The molecule has 0 aromatic heterocycles. The van der Waals surface area contributed by atoms with Crippen molar-refractivity contribution in [2.45, 2.75) is 6.10 Å². The number of rotatable bonds is 17. The van der Waals surface area contributed by atoms with Crippen molar-refractivity contribution in [3.05, 3.63) is 35.9 Å². The lowest BCUT2D eigenvalue weighted by Crippen LogP contribution is -2.15. The SMILES string of the molecule is OCCOCCOCCOCCOC(CSCCO)c1ccccc1. The van der Waals surface area contributed by atoms with Crippen LogP contribution in [0.4, 0.5) is 0 Å². The van der Waals surface area contributed by atoms with E-state index < -0.39 is 0 Å². The third kappa shape index (κ3) is 12.3. The predicted octanol–water partition coefficient (Wildman–Crippen LogP) is 1.51. The molecule has 6 nitrogen and oxygen atoms in total. The number of hydrogen-bond acceptors (Lipinski definition) is 7. The minimum Gasteiger partial charge on any atom is -0.396 e. The summed E-state index contributed by atoms with van der Waals surface area (Å²) in [6, 6.07) is 10.1. The van der Waals surface area contributed by atoms with Gasteiger partial charge in [-0.25, -0.2) is 0 Å². The Hall–Kier alpha value is -0.670. The molecule has 0 radical (unpaired) electrons. The highest BCUT2D eigenvalue weighted by Crippen LogP contribution is 2.21. The monoisotopic (exact) mass is 374 g/mol. The number of aliphatic hydroxyl groups excluding tert-OH is 2. The number of ether oxygens (including phenoxy) is 4. The molecule has 1 aromatic carbocycles. The first-order chi connectivity index (χ1) is 12.4. The van der Waals surface area contributed by atoms with Gasteiger partial charge in [0.1, 0.15) is 0 Å². The predicted molar refractivity (Wildman–Crippen MR) is 99.1 cm³/mol. The van der Waals surface area contributed by atoms with Crippen LogP contribution in [0.2, 0.25) is 0 Å². The molecule has 0 saturated carbocycles. The van der Waals surface area contributed by atoms with Crippen LogP contribution in [0.25, 0.3) is 0 Å². The molecule has 1 aromatic rings. The van der Waals surface area contributed by atoms with E-state index in [2.05, 4.69) is 12.1 Å². The Balaban J connectivity index is 2.08. The van der Waals surface area contributed by atoms with Crippen LogP contribution >= 0.6 is 11.8 Å². The second-order valence-electron chi connectivity index (χ2n) is 5.13. The molecular formula is C18H30O6S. The highest BCUT2D eigenvalue weighted by Gasteiger charge is 2.11. The van der Waals surface area contributed by atoms with Crippen LogP contribution in [-0.2, 0) is 18.9 Å². The molecule has 0 aliphatic carbocycles. The van der Waals surface area contributed by atoms with E-state index in [4.69, 9.17) is 29.2 Å². The van der Waals surface area contributed by atoms with Gasteiger partial charge in [0.15, 0.2) is 0 Å². The van der Waals surface area contributed by atoms with E-state index in [1.54, 1.807) is 11.8 Å². The normalized spacial score (nSPS) is 12.4. The standard InChI is InChI=1S/C18H30O6S/c19-6-8-21-9-10-22-11-12-23-13-14-24-18(16-25-15-7-20)17-4-2-1-3-5-17/h1-5,18-20H,6-16H2. The molecule has 25 heavy (non-hydrogen) atoms. The highest BCUT2D eigenvalue weighted by molar-refractivity contribution is 7.99. The van der Waals surface area contributed by atoms with Crippen molar-refractivity contribution in [2.24, 2.45) is 0 Å². The Bertz CT molecular complexity index is 392. The maximum atomic E-state index is 8.91. The first-order valence-electron chi connectivity index (χ1n) is 8.57. The molecular weight excluding hydrogens is 344 g/mol. The number of thioether (sulfide) groups is 1. The largest absolute Gasteiger partial charge is 0.396 e. The first kappa shape index (κ1) is 22.4. The highest BCUT2D eigenvalue weighted by atomic mass is 32.2. The molecule has 0 fully saturated rings. The molecule has 1 rings (SSSR count). The van der Waals surface area contributed by atoms with Gasteiger partial charge in [-0.15, -0.1) is 0 Å². The number of benzene rings is 1. The summed E-state index contributed by atoms with van der Waals surface area (Å²) < 4.78 is 21.9. The average Bonchev–Trinajstić information content (AvgIpc) is 2.65. The summed E-state index contributed by atoms with van der Waals surface area (Å²) in [7, 11) is 0. The van der Waals surface area contributed by atoms with Crippen LogP contribution in [0.3, 0.4) is 0 Å². The average molecular weight is 374 g/mol. The molecule has 1 unspecified atom stereocenters. The van der Waals surface area contributed by atoms with E-state index in [1.807, 2.05) is 18.2 Å². The summed E-state index contributed by atoms with van der Waals surface area (Å²) in [5.41, 5.74) is 1.14. The zero-order valence-electron chi connectivity index (χ0n) is 14.7. The molecule has 0 spiro atoms. The fourth-order valence-corrected chi connectivity index (χ4v) is 2.82. The summed E-state index contributed by atoms with van der Waals surface area (Å²) in [5.74, 6) is 1.52. The number of hydrogen-bond donors (Lipinski definition) is 2. The van der Waals surface area contributed by atoms with Crippen molar-refractivity contribution in [3.63, 3.8) is 0 Å². The van der Waals surface area contributed by atoms with Gasteiger partial charge in [0, 0.05) is 11.5 Å². The van der Waals surface area contributed by atoms with E-state index in [-0.39, 0.29) is 19.3 Å². The summed E-state index contributed by atoms with van der Waals surface area (Å²) in [5, 5.41) is 17.5. The second kappa shape index (κ2) is 16.8. The van der Waals surface area contributed by atoms with Crippen molar-refractivity contribution < 1.29 is 29.2 Å². The van der Waals surface area contributed by atoms with Gasteiger partial charge in [0.25, 0.3) is 0 Å². The van der Waals surface area contributed by atoms with Crippen LogP contribution in [0.5, 0.6) is 0 Å². The zero-order valence-corrected chi connectivity index (χ0v) is 15.5. The van der Waals surface area contributed by atoms with Crippen molar-refractivity contribution in [1.82, 2.24) is 0 Å².